The SMILES string of the molecule is Fc1ccc(-c2ccccc2)cc1CCC1CCCCC1. The highest BCUT2D eigenvalue weighted by atomic mass is 19.1. The van der Waals surface area contributed by atoms with E-state index in [2.05, 4.69) is 12.1 Å². The number of benzene rings is 2. The van der Waals surface area contributed by atoms with Gasteiger partial charge in [0.1, 0.15) is 5.82 Å². The molecule has 110 valence electrons. The molecule has 3 rings (SSSR count). The van der Waals surface area contributed by atoms with Gasteiger partial charge in [-0.05, 0) is 47.6 Å². The summed E-state index contributed by atoms with van der Waals surface area (Å²) in [5.41, 5.74) is 3.16. The second-order valence-electron chi connectivity index (χ2n) is 6.21. The highest BCUT2D eigenvalue weighted by Crippen LogP contribution is 2.29. The van der Waals surface area contributed by atoms with Gasteiger partial charge >= 0.3 is 0 Å². The van der Waals surface area contributed by atoms with E-state index in [-0.39, 0.29) is 5.82 Å². The van der Waals surface area contributed by atoms with Crippen molar-refractivity contribution in [3.8, 4) is 11.1 Å². The summed E-state index contributed by atoms with van der Waals surface area (Å²) in [7, 11) is 0. The molecule has 1 aliphatic carbocycles. The van der Waals surface area contributed by atoms with Gasteiger partial charge in [-0.1, -0.05) is 68.5 Å². The lowest BCUT2D eigenvalue weighted by Gasteiger charge is -2.21. The molecule has 0 spiro atoms. The molecular formula is C20H23F. The molecule has 2 aromatic rings. The summed E-state index contributed by atoms with van der Waals surface area (Å²) in [6.07, 6.45) is 8.77. The summed E-state index contributed by atoms with van der Waals surface area (Å²) in [6, 6.07) is 15.8. The van der Waals surface area contributed by atoms with Crippen LogP contribution < -0.4 is 0 Å². The van der Waals surface area contributed by atoms with E-state index in [0.29, 0.717) is 0 Å². The Kier molecular flexibility index (Phi) is 4.69. The summed E-state index contributed by atoms with van der Waals surface area (Å²) in [5, 5.41) is 0. The number of hydrogen-bond acceptors (Lipinski definition) is 0. The van der Waals surface area contributed by atoms with E-state index in [1.54, 1.807) is 6.07 Å². The highest BCUT2D eigenvalue weighted by Gasteiger charge is 2.14. The molecular weight excluding hydrogens is 259 g/mol. The second-order valence-corrected chi connectivity index (χ2v) is 6.21. The number of halogens is 1. The molecule has 0 N–H and O–H groups in total. The third kappa shape index (κ3) is 3.72. The molecule has 21 heavy (non-hydrogen) atoms. The van der Waals surface area contributed by atoms with Crippen LogP contribution in [-0.2, 0) is 6.42 Å². The van der Waals surface area contributed by atoms with Crippen LogP contribution in [0.3, 0.4) is 0 Å². The first kappa shape index (κ1) is 14.3. The maximum Gasteiger partial charge on any atom is 0.126 e. The Morgan fingerprint density at radius 1 is 0.857 bits per heavy atom. The van der Waals surface area contributed by atoms with Gasteiger partial charge in [0.15, 0.2) is 0 Å². The lowest BCUT2D eigenvalue weighted by atomic mass is 9.85. The Labute approximate surface area is 127 Å². The molecule has 1 saturated carbocycles. The molecule has 1 heteroatoms. The van der Waals surface area contributed by atoms with Gasteiger partial charge in [0.05, 0.1) is 0 Å². The van der Waals surface area contributed by atoms with Gasteiger partial charge in [-0.3, -0.25) is 0 Å². The maximum absolute atomic E-state index is 14.0. The molecule has 0 heterocycles. The van der Waals surface area contributed by atoms with Crippen molar-refractivity contribution < 1.29 is 4.39 Å². The Morgan fingerprint density at radius 2 is 1.62 bits per heavy atom. The minimum Gasteiger partial charge on any atom is -0.207 e. The molecule has 0 amide bonds. The molecule has 0 aliphatic heterocycles. The van der Waals surface area contributed by atoms with Gasteiger partial charge in [0, 0.05) is 0 Å². The topological polar surface area (TPSA) is 0 Å². The van der Waals surface area contributed by atoms with E-state index in [1.165, 1.54) is 32.1 Å². The molecule has 0 nitrogen and oxygen atoms in total. The lowest BCUT2D eigenvalue weighted by molar-refractivity contribution is 0.338. The van der Waals surface area contributed by atoms with Crippen molar-refractivity contribution in [2.75, 3.05) is 0 Å². The first-order valence-electron chi connectivity index (χ1n) is 8.17. The monoisotopic (exact) mass is 282 g/mol. The lowest BCUT2D eigenvalue weighted by Crippen LogP contribution is -2.07. The van der Waals surface area contributed by atoms with E-state index < -0.39 is 0 Å². The van der Waals surface area contributed by atoms with Crippen LogP contribution in [0.1, 0.15) is 44.1 Å². The third-order valence-corrected chi connectivity index (χ3v) is 4.70. The summed E-state index contributed by atoms with van der Waals surface area (Å²) >= 11 is 0. The van der Waals surface area contributed by atoms with Crippen molar-refractivity contribution in [1.82, 2.24) is 0 Å². The van der Waals surface area contributed by atoms with E-state index in [1.807, 2.05) is 30.3 Å². The van der Waals surface area contributed by atoms with Crippen LogP contribution in [0.25, 0.3) is 11.1 Å². The molecule has 0 saturated heterocycles. The fourth-order valence-electron chi connectivity index (χ4n) is 3.41. The predicted octanol–water partition coefficient (Wildman–Crippen LogP) is 6.01. The number of aryl methyl sites for hydroxylation is 1. The molecule has 0 aromatic heterocycles. The molecule has 0 atom stereocenters. The van der Waals surface area contributed by atoms with E-state index >= 15 is 0 Å². The van der Waals surface area contributed by atoms with Crippen molar-refractivity contribution in [1.29, 1.82) is 0 Å². The molecule has 0 unspecified atom stereocenters. The predicted molar refractivity (Wildman–Crippen MR) is 86.7 cm³/mol. The quantitative estimate of drug-likeness (QED) is 0.644. The fourth-order valence-corrected chi connectivity index (χ4v) is 3.41. The standard InChI is InChI=1S/C20H23F/c21-20-14-13-18(17-9-5-2-6-10-17)15-19(20)12-11-16-7-3-1-4-8-16/h2,5-6,9-10,13-16H,1,3-4,7-8,11-12H2. The van der Waals surface area contributed by atoms with Crippen LogP contribution in [0, 0.1) is 11.7 Å². The second kappa shape index (κ2) is 6.89. The van der Waals surface area contributed by atoms with Crippen molar-refractivity contribution in [2.45, 2.75) is 44.9 Å². The minimum atomic E-state index is -0.0505. The Hall–Kier alpha value is -1.63. The highest BCUT2D eigenvalue weighted by molar-refractivity contribution is 5.64. The van der Waals surface area contributed by atoms with Crippen molar-refractivity contribution >= 4 is 0 Å². The van der Waals surface area contributed by atoms with Gasteiger partial charge in [0.2, 0.25) is 0 Å². The first-order chi connectivity index (χ1) is 10.3. The summed E-state index contributed by atoms with van der Waals surface area (Å²) in [5.74, 6) is 0.754. The maximum atomic E-state index is 14.0. The van der Waals surface area contributed by atoms with Gasteiger partial charge in [-0.15, -0.1) is 0 Å². The molecule has 0 bridgehead atoms. The molecule has 1 aliphatic rings. The zero-order chi connectivity index (χ0) is 14.5. The summed E-state index contributed by atoms with van der Waals surface area (Å²) in [4.78, 5) is 0. The van der Waals surface area contributed by atoms with Gasteiger partial charge in [0.25, 0.3) is 0 Å². The smallest absolute Gasteiger partial charge is 0.126 e. The number of hydrogen-bond donors (Lipinski definition) is 0. The van der Waals surface area contributed by atoms with Crippen LogP contribution in [0.15, 0.2) is 48.5 Å². The van der Waals surface area contributed by atoms with Gasteiger partial charge in [-0.25, -0.2) is 4.39 Å². The van der Waals surface area contributed by atoms with Crippen LogP contribution in [-0.4, -0.2) is 0 Å². The zero-order valence-corrected chi connectivity index (χ0v) is 12.5. The van der Waals surface area contributed by atoms with E-state index in [9.17, 15) is 4.39 Å². The fraction of sp³-hybridized carbons (Fsp3) is 0.400. The van der Waals surface area contributed by atoms with Crippen LogP contribution in [0.4, 0.5) is 4.39 Å². The van der Waals surface area contributed by atoms with Crippen LogP contribution in [0.5, 0.6) is 0 Å². The normalized spacial score (nSPS) is 16.0. The summed E-state index contributed by atoms with van der Waals surface area (Å²) in [6.45, 7) is 0. The van der Waals surface area contributed by atoms with Gasteiger partial charge in [-0.2, -0.15) is 0 Å². The third-order valence-electron chi connectivity index (χ3n) is 4.70. The Balaban J connectivity index is 1.72. The van der Waals surface area contributed by atoms with E-state index in [0.717, 1.165) is 35.4 Å². The zero-order valence-electron chi connectivity index (χ0n) is 12.5. The van der Waals surface area contributed by atoms with Gasteiger partial charge < -0.3 is 0 Å². The van der Waals surface area contributed by atoms with Crippen molar-refractivity contribution in [3.63, 3.8) is 0 Å². The average Bonchev–Trinajstić information content (AvgIpc) is 2.56. The molecule has 1 fully saturated rings. The minimum absolute atomic E-state index is 0.0505. The number of rotatable bonds is 4. The Bertz CT molecular complexity index is 568. The molecule has 0 radical (unpaired) electrons. The molecule has 2 aromatic carbocycles. The Morgan fingerprint density at radius 3 is 2.38 bits per heavy atom. The first-order valence-corrected chi connectivity index (χ1v) is 8.17. The van der Waals surface area contributed by atoms with Crippen molar-refractivity contribution in [3.05, 3.63) is 59.9 Å². The van der Waals surface area contributed by atoms with Crippen LogP contribution in [0.2, 0.25) is 0 Å². The summed E-state index contributed by atoms with van der Waals surface area (Å²) < 4.78 is 14.0. The average molecular weight is 282 g/mol. The van der Waals surface area contributed by atoms with Crippen LogP contribution >= 0.6 is 0 Å². The van der Waals surface area contributed by atoms with Crippen molar-refractivity contribution in [2.24, 2.45) is 5.92 Å². The largest absolute Gasteiger partial charge is 0.207 e. The van der Waals surface area contributed by atoms with E-state index in [4.69, 9.17) is 0 Å².